The van der Waals surface area contributed by atoms with Crippen molar-refractivity contribution in [3.05, 3.63) is 65.7 Å². The molecule has 0 saturated carbocycles. The fraction of sp³-hybridized carbons (Fsp3) is 0.350. The molecule has 2 atom stereocenters. The molecule has 1 saturated heterocycles. The van der Waals surface area contributed by atoms with Crippen LogP contribution in [0.1, 0.15) is 24.0 Å². The van der Waals surface area contributed by atoms with Crippen LogP contribution in [0.25, 0.3) is 0 Å². The molecular weight excluding hydrogens is 298 g/mol. The second-order valence-corrected chi connectivity index (χ2v) is 6.48. The highest BCUT2D eigenvalue weighted by atomic mass is 16.2. The Morgan fingerprint density at radius 1 is 1.17 bits per heavy atom. The minimum atomic E-state index is 0.0177. The number of carbonyl (C=O) groups is 1. The largest absolute Gasteiger partial charge is 0.326 e. The van der Waals surface area contributed by atoms with Crippen molar-refractivity contribution >= 4 is 11.6 Å². The molecule has 1 fully saturated rings. The number of aryl methyl sites for hydroxylation is 1. The Kier molecular flexibility index (Phi) is 5.28. The SMILES string of the molecule is CCc1cccc(NC(=O)CN2C[C@@H](N)[C@H](c3ccccc3)C2)c1. The van der Waals surface area contributed by atoms with Gasteiger partial charge in [-0.15, -0.1) is 0 Å². The van der Waals surface area contributed by atoms with Gasteiger partial charge >= 0.3 is 0 Å². The lowest BCUT2D eigenvalue weighted by atomic mass is 9.95. The summed E-state index contributed by atoms with van der Waals surface area (Å²) in [6.07, 6.45) is 0.962. The lowest BCUT2D eigenvalue weighted by molar-refractivity contribution is -0.117. The first kappa shape index (κ1) is 16.7. The molecule has 3 N–H and O–H groups in total. The van der Waals surface area contributed by atoms with Crippen LogP contribution in [0.3, 0.4) is 0 Å². The van der Waals surface area contributed by atoms with Crippen LogP contribution >= 0.6 is 0 Å². The average Bonchev–Trinajstić information content (AvgIpc) is 2.96. The first-order valence-electron chi connectivity index (χ1n) is 8.57. The number of rotatable bonds is 5. The molecule has 0 bridgehead atoms. The summed E-state index contributed by atoms with van der Waals surface area (Å²) >= 11 is 0. The van der Waals surface area contributed by atoms with E-state index in [0.717, 1.165) is 25.2 Å². The predicted octanol–water partition coefficient (Wildman–Crippen LogP) is 2.61. The van der Waals surface area contributed by atoms with Crippen molar-refractivity contribution in [2.45, 2.75) is 25.3 Å². The van der Waals surface area contributed by atoms with Crippen LogP contribution < -0.4 is 11.1 Å². The summed E-state index contributed by atoms with van der Waals surface area (Å²) in [4.78, 5) is 14.5. The van der Waals surface area contributed by atoms with E-state index in [9.17, 15) is 4.79 Å². The van der Waals surface area contributed by atoms with Gasteiger partial charge in [0.2, 0.25) is 5.91 Å². The van der Waals surface area contributed by atoms with Crippen LogP contribution in [0.4, 0.5) is 5.69 Å². The zero-order chi connectivity index (χ0) is 16.9. The van der Waals surface area contributed by atoms with E-state index in [4.69, 9.17) is 5.73 Å². The van der Waals surface area contributed by atoms with Gasteiger partial charge in [-0.1, -0.05) is 49.4 Å². The van der Waals surface area contributed by atoms with E-state index in [-0.39, 0.29) is 11.9 Å². The molecule has 1 heterocycles. The lowest BCUT2D eigenvalue weighted by Gasteiger charge is -2.16. The zero-order valence-electron chi connectivity index (χ0n) is 14.1. The molecule has 2 aromatic carbocycles. The summed E-state index contributed by atoms with van der Waals surface area (Å²) in [6, 6.07) is 18.4. The Morgan fingerprint density at radius 2 is 1.96 bits per heavy atom. The molecule has 2 aromatic rings. The molecule has 4 heteroatoms. The Labute approximate surface area is 143 Å². The van der Waals surface area contributed by atoms with Crippen LogP contribution in [0.2, 0.25) is 0 Å². The lowest BCUT2D eigenvalue weighted by Crippen LogP contribution is -2.33. The van der Waals surface area contributed by atoms with Gasteiger partial charge in [0.25, 0.3) is 0 Å². The zero-order valence-corrected chi connectivity index (χ0v) is 14.1. The topological polar surface area (TPSA) is 58.4 Å². The van der Waals surface area contributed by atoms with Gasteiger partial charge in [0, 0.05) is 30.7 Å². The third-order valence-corrected chi connectivity index (χ3v) is 4.65. The molecule has 1 amide bonds. The number of likely N-dealkylation sites (tertiary alicyclic amines) is 1. The summed E-state index contributed by atoms with van der Waals surface area (Å²) in [7, 11) is 0. The smallest absolute Gasteiger partial charge is 0.238 e. The summed E-state index contributed by atoms with van der Waals surface area (Å²) < 4.78 is 0. The van der Waals surface area contributed by atoms with E-state index in [0.29, 0.717) is 12.5 Å². The van der Waals surface area contributed by atoms with Crippen molar-refractivity contribution < 1.29 is 4.79 Å². The van der Waals surface area contributed by atoms with E-state index in [1.165, 1.54) is 11.1 Å². The molecule has 0 aliphatic carbocycles. The second kappa shape index (κ2) is 7.60. The molecule has 4 nitrogen and oxygen atoms in total. The van der Waals surface area contributed by atoms with Gasteiger partial charge < -0.3 is 11.1 Å². The monoisotopic (exact) mass is 323 g/mol. The Balaban J connectivity index is 1.57. The van der Waals surface area contributed by atoms with Crippen molar-refractivity contribution in [2.24, 2.45) is 5.73 Å². The molecule has 1 aliphatic heterocycles. The van der Waals surface area contributed by atoms with Crippen LogP contribution in [0, 0.1) is 0 Å². The Morgan fingerprint density at radius 3 is 2.71 bits per heavy atom. The van der Waals surface area contributed by atoms with Crippen LogP contribution in [-0.4, -0.2) is 36.5 Å². The van der Waals surface area contributed by atoms with Gasteiger partial charge in [0.1, 0.15) is 0 Å². The van der Waals surface area contributed by atoms with Crippen LogP contribution in [0.5, 0.6) is 0 Å². The standard InChI is InChI=1S/C20H25N3O/c1-2-15-7-6-10-17(11-15)22-20(24)14-23-12-18(19(21)13-23)16-8-4-3-5-9-16/h3-11,18-19H,2,12-14,21H2,1H3,(H,22,24)/t18-,19+/m0/s1. The van der Waals surface area contributed by atoms with Crippen LogP contribution in [-0.2, 0) is 11.2 Å². The summed E-state index contributed by atoms with van der Waals surface area (Å²) in [6.45, 7) is 4.07. The summed E-state index contributed by atoms with van der Waals surface area (Å²) in [5, 5.41) is 2.99. The van der Waals surface area contributed by atoms with Gasteiger partial charge in [-0.05, 0) is 29.7 Å². The third kappa shape index (κ3) is 4.02. The maximum Gasteiger partial charge on any atom is 0.238 e. The normalized spacial score (nSPS) is 20.9. The average molecular weight is 323 g/mol. The van der Waals surface area contributed by atoms with Crippen LogP contribution in [0.15, 0.2) is 54.6 Å². The van der Waals surface area contributed by atoms with E-state index in [2.05, 4.69) is 35.3 Å². The minimum absolute atomic E-state index is 0.0177. The van der Waals surface area contributed by atoms with Gasteiger partial charge in [-0.25, -0.2) is 0 Å². The molecule has 0 aromatic heterocycles. The fourth-order valence-electron chi connectivity index (χ4n) is 3.37. The van der Waals surface area contributed by atoms with E-state index < -0.39 is 0 Å². The summed E-state index contributed by atoms with van der Waals surface area (Å²) in [5.74, 6) is 0.312. The van der Waals surface area contributed by atoms with Crippen molar-refractivity contribution in [1.29, 1.82) is 0 Å². The number of hydrogen-bond donors (Lipinski definition) is 2. The number of nitrogens with zero attached hydrogens (tertiary/aromatic N) is 1. The third-order valence-electron chi connectivity index (χ3n) is 4.65. The number of benzene rings is 2. The van der Waals surface area contributed by atoms with Gasteiger partial charge in [-0.3, -0.25) is 9.69 Å². The molecular formula is C20H25N3O. The van der Waals surface area contributed by atoms with E-state index in [1.807, 2.05) is 36.4 Å². The highest BCUT2D eigenvalue weighted by Gasteiger charge is 2.31. The number of nitrogens with one attached hydrogen (secondary N) is 1. The van der Waals surface area contributed by atoms with Crippen molar-refractivity contribution in [1.82, 2.24) is 4.90 Å². The summed E-state index contributed by atoms with van der Waals surface area (Å²) in [5.41, 5.74) is 9.63. The predicted molar refractivity (Wildman–Crippen MR) is 98.0 cm³/mol. The molecule has 0 spiro atoms. The maximum atomic E-state index is 12.3. The quantitative estimate of drug-likeness (QED) is 0.889. The Bertz CT molecular complexity index is 686. The molecule has 0 unspecified atom stereocenters. The van der Waals surface area contributed by atoms with E-state index >= 15 is 0 Å². The number of nitrogens with two attached hydrogens (primary N) is 1. The van der Waals surface area contributed by atoms with Crippen molar-refractivity contribution in [3.63, 3.8) is 0 Å². The van der Waals surface area contributed by atoms with Crippen molar-refractivity contribution in [2.75, 3.05) is 25.0 Å². The number of carbonyl (C=O) groups excluding carboxylic acids is 1. The first-order chi connectivity index (χ1) is 11.7. The molecule has 126 valence electrons. The molecule has 3 rings (SSSR count). The van der Waals surface area contributed by atoms with Gasteiger partial charge in [0.15, 0.2) is 0 Å². The molecule has 1 aliphatic rings. The maximum absolute atomic E-state index is 12.3. The van der Waals surface area contributed by atoms with Gasteiger partial charge in [-0.2, -0.15) is 0 Å². The Hall–Kier alpha value is -2.17. The van der Waals surface area contributed by atoms with Gasteiger partial charge in [0.05, 0.1) is 6.54 Å². The van der Waals surface area contributed by atoms with E-state index in [1.54, 1.807) is 0 Å². The fourth-order valence-corrected chi connectivity index (χ4v) is 3.37. The minimum Gasteiger partial charge on any atom is -0.326 e. The number of anilines is 1. The first-order valence-corrected chi connectivity index (χ1v) is 8.57. The molecule has 0 radical (unpaired) electrons. The molecule has 24 heavy (non-hydrogen) atoms. The second-order valence-electron chi connectivity index (χ2n) is 6.48. The number of amides is 1. The van der Waals surface area contributed by atoms with Crippen molar-refractivity contribution in [3.8, 4) is 0 Å². The highest BCUT2D eigenvalue weighted by molar-refractivity contribution is 5.92. The highest BCUT2D eigenvalue weighted by Crippen LogP contribution is 2.26. The number of hydrogen-bond acceptors (Lipinski definition) is 3.